The van der Waals surface area contributed by atoms with Crippen LogP contribution in [-0.4, -0.2) is 17.6 Å². The summed E-state index contributed by atoms with van der Waals surface area (Å²) in [5.74, 6) is -1.02. The van der Waals surface area contributed by atoms with Crippen LogP contribution in [0.2, 0.25) is 5.22 Å². The van der Waals surface area contributed by atoms with E-state index >= 15 is 0 Å². The van der Waals surface area contributed by atoms with Gasteiger partial charge in [0.25, 0.3) is 5.91 Å². The standard InChI is InChI=1S/C13H11ClFNO3/c14-12-6-5-11(19-12)13(18)16-7-10(17)8-3-1-2-4-9(8)15/h1-6,10,17H,7H2,(H,16,18). The number of carbonyl (C=O) groups is 1. The van der Waals surface area contributed by atoms with Crippen molar-refractivity contribution in [1.29, 1.82) is 0 Å². The molecule has 0 spiro atoms. The quantitative estimate of drug-likeness (QED) is 0.906. The van der Waals surface area contributed by atoms with E-state index in [-0.39, 0.29) is 23.1 Å². The van der Waals surface area contributed by atoms with Crippen molar-refractivity contribution in [3.8, 4) is 0 Å². The maximum absolute atomic E-state index is 13.4. The van der Waals surface area contributed by atoms with E-state index in [0.29, 0.717) is 0 Å². The van der Waals surface area contributed by atoms with Crippen LogP contribution in [0.1, 0.15) is 22.2 Å². The Kier molecular flexibility index (Phi) is 4.19. The van der Waals surface area contributed by atoms with Gasteiger partial charge in [0.05, 0.1) is 6.10 Å². The van der Waals surface area contributed by atoms with Gasteiger partial charge in [-0.05, 0) is 29.8 Å². The van der Waals surface area contributed by atoms with Crippen molar-refractivity contribution < 1.29 is 18.7 Å². The zero-order valence-corrected chi connectivity index (χ0v) is 10.5. The molecule has 0 radical (unpaired) electrons. The minimum absolute atomic E-state index is 0.0331. The van der Waals surface area contributed by atoms with Crippen molar-refractivity contribution >= 4 is 17.5 Å². The molecule has 2 N–H and O–H groups in total. The van der Waals surface area contributed by atoms with Crippen molar-refractivity contribution in [3.05, 3.63) is 58.8 Å². The molecule has 2 aromatic rings. The first-order valence-electron chi connectivity index (χ1n) is 5.54. The molecule has 19 heavy (non-hydrogen) atoms. The third-order valence-corrected chi connectivity index (χ3v) is 2.72. The zero-order valence-electron chi connectivity index (χ0n) is 9.77. The second kappa shape index (κ2) is 5.86. The molecule has 1 amide bonds. The number of amides is 1. The highest BCUT2D eigenvalue weighted by atomic mass is 35.5. The molecular formula is C13H11ClFNO3. The summed E-state index contributed by atoms with van der Waals surface area (Å²) in [6.45, 7) is -0.127. The van der Waals surface area contributed by atoms with Crippen LogP contribution >= 0.6 is 11.6 Å². The molecule has 0 saturated heterocycles. The molecule has 100 valence electrons. The average molecular weight is 284 g/mol. The van der Waals surface area contributed by atoms with Crippen molar-refractivity contribution in [2.75, 3.05) is 6.54 Å². The third-order valence-electron chi connectivity index (χ3n) is 2.52. The lowest BCUT2D eigenvalue weighted by molar-refractivity contribution is 0.0887. The van der Waals surface area contributed by atoms with Gasteiger partial charge in [0.2, 0.25) is 0 Å². The van der Waals surface area contributed by atoms with Gasteiger partial charge < -0.3 is 14.8 Å². The van der Waals surface area contributed by atoms with Crippen molar-refractivity contribution in [2.24, 2.45) is 0 Å². The van der Waals surface area contributed by atoms with Gasteiger partial charge in [0.15, 0.2) is 11.0 Å². The minimum atomic E-state index is -1.13. The van der Waals surface area contributed by atoms with Crippen LogP contribution in [0.5, 0.6) is 0 Å². The van der Waals surface area contributed by atoms with Gasteiger partial charge in [-0.1, -0.05) is 18.2 Å². The molecule has 1 heterocycles. The number of hydrogen-bond donors (Lipinski definition) is 2. The summed E-state index contributed by atoms with van der Waals surface area (Å²) in [4.78, 5) is 11.6. The second-order valence-electron chi connectivity index (χ2n) is 3.85. The molecule has 0 saturated carbocycles. The Labute approximate surface area is 113 Å². The van der Waals surface area contributed by atoms with E-state index in [1.165, 1.54) is 30.3 Å². The van der Waals surface area contributed by atoms with Gasteiger partial charge in [0, 0.05) is 12.1 Å². The smallest absolute Gasteiger partial charge is 0.287 e. The summed E-state index contributed by atoms with van der Waals surface area (Å²) in [5, 5.41) is 12.3. The molecule has 1 aromatic heterocycles. The molecule has 0 bridgehead atoms. The first kappa shape index (κ1) is 13.6. The summed E-state index contributed by atoms with van der Waals surface area (Å²) in [6.07, 6.45) is -1.13. The highest BCUT2D eigenvalue weighted by Gasteiger charge is 2.15. The van der Waals surface area contributed by atoms with Gasteiger partial charge in [-0.15, -0.1) is 0 Å². The normalized spacial score (nSPS) is 12.2. The van der Waals surface area contributed by atoms with Gasteiger partial charge in [-0.25, -0.2) is 4.39 Å². The van der Waals surface area contributed by atoms with Crippen LogP contribution < -0.4 is 5.32 Å². The van der Waals surface area contributed by atoms with Gasteiger partial charge in [-0.3, -0.25) is 4.79 Å². The maximum atomic E-state index is 13.4. The van der Waals surface area contributed by atoms with Crippen LogP contribution in [0.4, 0.5) is 4.39 Å². The number of nitrogens with one attached hydrogen (secondary N) is 1. The number of rotatable bonds is 4. The Hall–Kier alpha value is -1.85. The highest BCUT2D eigenvalue weighted by Crippen LogP contribution is 2.16. The predicted molar refractivity (Wildman–Crippen MR) is 67.4 cm³/mol. The molecular weight excluding hydrogens is 273 g/mol. The van der Waals surface area contributed by atoms with Crippen LogP contribution in [-0.2, 0) is 0 Å². The molecule has 1 aromatic carbocycles. The summed E-state index contributed by atoms with van der Waals surface area (Å²) < 4.78 is 18.3. The summed E-state index contributed by atoms with van der Waals surface area (Å²) in [6, 6.07) is 8.67. The Morgan fingerprint density at radius 1 is 1.37 bits per heavy atom. The molecule has 1 unspecified atom stereocenters. The Balaban J connectivity index is 1.96. The highest BCUT2D eigenvalue weighted by molar-refractivity contribution is 6.29. The van der Waals surface area contributed by atoms with E-state index in [9.17, 15) is 14.3 Å². The Morgan fingerprint density at radius 3 is 2.74 bits per heavy atom. The van der Waals surface area contributed by atoms with E-state index in [4.69, 9.17) is 16.0 Å². The molecule has 0 aliphatic rings. The summed E-state index contributed by atoms with van der Waals surface area (Å²) in [5.41, 5.74) is 0.125. The first-order chi connectivity index (χ1) is 9.08. The van der Waals surface area contributed by atoms with E-state index in [1.54, 1.807) is 6.07 Å². The summed E-state index contributed by atoms with van der Waals surface area (Å²) in [7, 11) is 0. The number of aliphatic hydroxyl groups is 1. The SMILES string of the molecule is O=C(NCC(O)c1ccccc1F)c1ccc(Cl)o1. The monoisotopic (exact) mass is 283 g/mol. The lowest BCUT2D eigenvalue weighted by atomic mass is 10.1. The van der Waals surface area contributed by atoms with Crippen LogP contribution in [0.15, 0.2) is 40.8 Å². The maximum Gasteiger partial charge on any atom is 0.287 e. The van der Waals surface area contributed by atoms with Gasteiger partial charge in [-0.2, -0.15) is 0 Å². The van der Waals surface area contributed by atoms with Gasteiger partial charge >= 0.3 is 0 Å². The van der Waals surface area contributed by atoms with E-state index in [1.807, 2.05) is 0 Å². The fraction of sp³-hybridized carbons (Fsp3) is 0.154. The van der Waals surface area contributed by atoms with Crippen LogP contribution in [0, 0.1) is 5.82 Å². The lowest BCUT2D eigenvalue weighted by Crippen LogP contribution is -2.28. The van der Waals surface area contributed by atoms with Crippen molar-refractivity contribution in [3.63, 3.8) is 0 Å². The number of aliphatic hydroxyl groups excluding tert-OH is 1. The molecule has 4 nitrogen and oxygen atoms in total. The topological polar surface area (TPSA) is 62.5 Å². The average Bonchev–Trinajstić information content (AvgIpc) is 2.83. The number of furan rings is 1. The number of halogens is 2. The fourth-order valence-electron chi connectivity index (χ4n) is 1.57. The van der Waals surface area contributed by atoms with Crippen LogP contribution in [0.25, 0.3) is 0 Å². The number of hydrogen-bond acceptors (Lipinski definition) is 3. The van der Waals surface area contributed by atoms with E-state index < -0.39 is 17.8 Å². The van der Waals surface area contributed by atoms with E-state index in [0.717, 1.165) is 0 Å². The molecule has 0 aliphatic heterocycles. The lowest BCUT2D eigenvalue weighted by Gasteiger charge is -2.12. The fourth-order valence-corrected chi connectivity index (χ4v) is 1.71. The molecule has 1 atom stereocenters. The van der Waals surface area contributed by atoms with Crippen molar-refractivity contribution in [2.45, 2.75) is 6.10 Å². The molecule has 0 aliphatic carbocycles. The number of benzene rings is 1. The first-order valence-corrected chi connectivity index (χ1v) is 5.92. The second-order valence-corrected chi connectivity index (χ2v) is 4.22. The molecule has 2 rings (SSSR count). The summed E-state index contributed by atoms with van der Waals surface area (Å²) >= 11 is 5.54. The molecule has 0 fully saturated rings. The predicted octanol–water partition coefficient (Wildman–Crippen LogP) is 2.54. The van der Waals surface area contributed by atoms with Crippen molar-refractivity contribution in [1.82, 2.24) is 5.32 Å². The minimum Gasteiger partial charge on any atom is -0.440 e. The van der Waals surface area contributed by atoms with E-state index in [2.05, 4.69) is 5.32 Å². The zero-order chi connectivity index (χ0) is 13.8. The Bertz CT molecular complexity index is 585. The third kappa shape index (κ3) is 3.33. The molecule has 6 heteroatoms. The largest absolute Gasteiger partial charge is 0.440 e. The van der Waals surface area contributed by atoms with Gasteiger partial charge in [0.1, 0.15) is 5.82 Å². The van der Waals surface area contributed by atoms with Crippen LogP contribution in [0.3, 0.4) is 0 Å². The number of carbonyl (C=O) groups excluding carboxylic acids is 1. The Morgan fingerprint density at radius 2 is 2.11 bits per heavy atom.